The van der Waals surface area contributed by atoms with Gasteiger partial charge in [0.15, 0.2) is 0 Å². The number of para-hydroxylation sites is 1. The lowest BCUT2D eigenvalue weighted by molar-refractivity contribution is 0.171. The number of piperidine rings is 1. The number of anilines is 1. The Labute approximate surface area is 175 Å². The number of hydrogen-bond acceptors (Lipinski definition) is 1. The number of nitrogens with one attached hydrogen (secondary N) is 1. The van der Waals surface area contributed by atoms with Crippen molar-refractivity contribution >= 4 is 11.7 Å². The van der Waals surface area contributed by atoms with Crippen molar-refractivity contribution in [2.75, 3.05) is 18.4 Å². The number of nitrogens with zero attached hydrogens (tertiary/aromatic N) is 1. The molecule has 5 heteroatoms. The molecule has 3 aromatic rings. The predicted molar refractivity (Wildman–Crippen MR) is 114 cm³/mol. The molecule has 0 spiro atoms. The second-order valence-corrected chi connectivity index (χ2v) is 7.73. The highest BCUT2D eigenvalue weighted by molar-refractivity contribution is 5.89. The molecule has 1 saturated heterocycles. The lowest BCUT2D eigenvalue weighted by Crippen LogP contribution is -2.43. The average molecular weight is 406 g/mol. The van der Waals surface area contributed by atoms with Crippen LogP contribution in [-0.4, -0.2) is 24.0 Å². The maximum atomic E-state index is 13.5. The monoisotopic (exact) mass is 406 g/mol. The molecular formula is C25H24F2N2O. The molecule has 0 aromatic heterocycles. The summed E-state index contributed by atoms with van der Waals surface area (Å²) in [4.78, 5) is 14.6. The maximum absolute atomic E-state index is 13.5. The highest BCUT2D eigenvalue weighted by Crippen LogP contribution is 2.37. The van der Waals surface area contributed by atoms with Crippen LogP contribution in [0.2, 0.25) is 0 Å². The summed E-state index contributed by atoms with van der Waals surface area (Å²) in [5.41, 5.74) is 2.70. The third-order valence-electron chi connectivity index (χ3n) is 5.70. The van der Waals surface area contributed by atoms with Crippen LogP contribution in [0.3, 0.4) is 0 Å². The van der Waals surface area contributed by atoms with E-state index in [1.165, 1.54) is 24.3 Å². The first kappa shape index (κ1) is 20.1. The first-order valence-electron chi connectivity index (χ1n) is 10.2. The quantitative estimate of drug-likeness (QED) is 0.563. The van der Waals surface area contributed by atoms with Crippen molar-refractivity contribution in [1.29, 1.82) is 0 Å². The Kier molecular flexibility index (Phi) is 6.07. The summed E-state index contributed by atoms with van der Waals surface area (Å²) in [7, 11) is 0. The minimum Gasteiger partial charge on any atom is -0.324 e. The van der Waals surface area contributed by atoms with Crippen molar-refractivity contribution in [1.82, 2.24) is 4.90 Å². The van der Waals surface area contributed by atoms with Crippen LogP contribution in [0.4, 0.5) is 19.3 Å². The number of likely N-dealkylation sites (tertiary alicyclic amines) is 1. The van der Waals surface area contributed by atoms with E-state index >= 15 is 0 Å². The first-order valence-corrected chi connectivity index (χ1v) is 10.2. The third-order valence-corrected chi connectivity index (χ3v) is 5.70. The molecule has 0 radical (unpaired) electrons. The molecule has 0 aliphatic carbocycles. The Morgan fingerprint density at radius 2 is 1.43 bits per heavy atom. The van der Waals surface area contributed by atoms with Gasteiger partial charge in [-0.25, -0.2) is 13.6 Å². The van der Waals surface area contributed by atoms with Crippen molar-refractivity contribution in [3.05, 3.63) is 102 Å². The van der Waals surface area contributed by atoms with E-state index < -0.39 is 0 Å². The van der Waals surface area contributed by atoms with Gasteiger partial charge in [-0.3, -0.25) is 0 Å². The lowest BCUT2D eigenvalue weighted by Gasteiger charge is -2.37. The van der Waals surface area contributed by atoms with Gasteiger partial charge in [-0.2, -0.15) is 0 Å². The van der Waals surface area contributed by atoms with Gasteiger partial charge in [0.1, 0.15) is 11.6 Å². The standard InChI is InChI=1S/C25H24F2N2O/c26-21-12-8-18(9-13-21)24(19-10-14-22(27)15-11-19)20-5-4-16-29(17-20)25(30)28-23-6-2-1-3-7-23/h1-3,6-15,20,24H,4-5,16-17H2,(H,28,30). The molecule has 2 amide bonds. The smallest absolute Gasteiger partial charge is 0.321 e. The van der Waals surface area contributed by atoms with Gasteiger partial charge in [-0.15, -0.1) is 0 Å². The summed E-state index contributed by atoms with van der Waals surface area (Å²) in [5.74, 6) is -0.469. The van der Waals surface area contributed by atoms with Crippen LogP contribution in [0.25, 0.3) is 0 Å². The summed E-state index contributed by atoms with van der Waals surface area (Å²) >= 11 is 0. The zero-order valence-electron chi connectivity index (χ0n) is 16.6. The number of carbonyl (C=O) groups excluding carboxylic acids is 1. The van der Waals surface area contributed by atoms with Gasteiger partial charge in [0.05, 0.1) is 0 Å². The van der Waals surface area contributed by atoms with E-state index in [0.29, 0.717) is 13.1 Å². The summed E-state index contributed by atoms with van der Waals surface area (Å²) in [6.07, 6.45) is 1.82. The van der Waals surface area contributed by atoms with Gasteiger partial charge in [0, 0.05) is 24.7 Å². The second-order valence-electron chi connectivity index (χ2n) is 7.73. The summed E-state index contributed by atoms with van der Waals surface area (Å²) in [6, 6.07) is 22.2. The van der Waals surface area contributed by atoms with E-state index in [9.17, 15) is 13.6 Å². The first-order chi connectivity index (χ1) is 14.6. The number of hydrogen-bond donors (Lipinski definition) is 1. The fourth-order valence-electron chi connectivity index (χ4n) is 4.27. The van der Waals surface area contributed by atoms with Crippen molar-refractivity contribution < 1.29 is 13.6 Å². The van der Waals surface area contributed by atoms with E-state index in [2.05, 4.69) is 5.32 Å². The zero-order valence-corrected chi connectivity index (χ0v) is 16.6. The molecular weight excluding hydrogens is 382 g/mol. The van der Waals surface area contributed by atoms with Gasteiger partial charge in [0.25, 0.3) is 0 Å². The molecule has 0 saturated carbocycles. The summed E-state index contributed by atoms with van der Waals surface area (Å²) < 4.78 is 27.0. The van der Waals surface area contributed by atoms with Crippen molar-refractivity contribution in [2.24, 2.45) is 5.92 Å². The number of benzene rings is 3. The Morgan fingerprint density at radius 1 is 0.867 bits per heavy atom. The van der Waals surface area contributed by atoms with Gasteiger partial charge in [0.2, 0.25) is 0 Å². The van der Waals surface area contributed by atoms with Crippen molar-refractivity contribution in [2.45, 2.75) is 18.8 Å². The Balaban J connectivity index is 1.57. The normalized spacial score (nSPS) is 16.5. The summed E-state index contributed by atoms with van der Waals surface area (Å²) in [5, 5.41) is 2.95. The molecule has 0 bridgehead atoms. The molecule has 3 nitrogen and oxygen atoms in total. The van der Waals surface area contributed by atoms with Crippen LogP contribution in [-0.2, 0) is 0 Å². The molecule has 1 heterocycles. The molecule has 1 aliphatic rings. The molecule has 30 heavy (non-hydrogen) atoms. The number of carbonyl (C=O) groups is 1. The van der Waals surface area contributed by atoms with Crippen LogP contribution in [0, 0.1) is 17.6 Å². The average Bonchev–Trinajstić information content (AvgIpc) is 2.77. The van der Waals surface area contributed by atoms with Crippen LogP contribution < -0.4 is 5.32 Å². The van der Waals surface area contributed by atoms with Gasteiger partial charge in [-0.05, 0) is 66.3 Å². The van der Waals surface area contributed by atoms with Crippen LogP contribution in [0.15, 0.2) is 78.9 Å². The largest absolute Gasteiger partial charge is 0.324 e. The van der Waals surface area contributed by atoms with E-state index in [1.54, 1.807) is 24.3 Å². The Hall–Kier alpha value is -3.21. The lowest BCUT2D eigenvalue weighted by atomic mass is 9.77. The van der Waals surface area contributed by atoms with Crippen molar-refractivity contribution in [3.63, 3.8) is 0 Å². The fraction of sp³-hybridized carbons (Fsp3) is 0.240. The highest BCUT2D eigenvalue weighted by atomic mass is 19.1. The molecule has 1 N–H and O–H groups in total. The number of rotatable bonds is 4. The van der Waals surface area contributed by atoms with Gasteiger partial charge < -0.3 is 10.2 Å². The summed E-state index contributed by atoms with van der Waals surface area (Å²) in [6.45, 7) is 1.27. The minimum absolute atomic E-state index is 0.0430. The van der Waals surface area contributed by atoms with Gasteiger partial charge >= 0.3 is 6.03 Å². The third kappa shape index (κ3) is 4.67. The minimum atomic E-state index is -0.288. The molecule has 4 rings (SSSR count). The molecule has 1 atom stereocenters. The maximum Gasteiger partial charge on any atom is 0.321 e. The van der Waals surface area contributed by atoms with E-state index in [4.69, 9.17) is 0 Å². The Bertz CT molecular complexity index is 929. The molecule has 1 fully saturated rings. The Morgan fingerprint density at radius 3 is 2.00 bits per heavy atom. The van der Waals surface area contributed by atoms with Crippen LogP contribution in [0.5, 0.6) is 0 Å². The predicted octanol–water partition coefficient (Wildman–Crippen LogP) is 6.04. The zero-order chi connectivity index (χ0) is 20.9. The highest BCUT2D eigenvalue weighted by Gasteiger charge is 2.31. The van der Waals surface area contributed by atoms with E-state index in [-0.39, 0.29) is 29.5 Å². The SMILES string of the molecule is O=C(Nc1ccccc1)N1CCCC(C(c2ccc(F)cc2)c2ccc(F)cc2)C1. The number of urea groups is 1. The fourth-order valence-corrected chi connectivity index (χ4v) is 4.27. The number of halogens is 2. The van der Waals surface area contributed by atoms with E-state index in [0.717, 1.165) is 29.7 Å². The van der Waals surface area contributed by atoms with E-state index in [1.807, 2.05) is 35.2 Å². The van der Waals surface area contributed by atoms with Gasteiger partial charge in [-0.1, -0.05) is 42.5 Å². The van der Waals surface area contributed by atoms with Crippen LogP contribution >= 0.6 is 0 Å². The molecule has 1 unspecified atom stereocenters. The number of amides is 2. The second kappa shape index (κ2) is 9.08. The van der Waals surface area contributed by atoms with Crippen molar-refractivity contribution in [3.8, 4) is 0 Å². The molecule has 154 valence electrons. The topological polar surface area (TPSA) is 32.3 Å². The molecule has 3 aromatic carbocycles. The molecule has 1 aliphatic heterocycles. The van der Waals surface area contributed by atoms with Crippen LogP contribution in [0.1, 0.15) is 29.9 Å².